The monoisotopic (exact) mass is 305 g/mol. The van der Waals surface area contributed by atoms with E-state index in [1.54, 1.807) is 6.07 Å². The summed E-state index contributed by atoms with van der Waals surface area (Å²) >= 11 is 1.39. The summed E-state index contributed by atoms with van der Waals surface area (Å²) in [6.45, 7) is 4.88. The summed E-state index contributed by atoms with van der Waals surface area (Å²) in [5, 5.41) is 5.19. The Morgan fingerprint density at radius 3 is 2.76 bits per heavy atom. The summed E-state index contributed by atoms with van der Waals surface area (Å²) < 4.78 is 10.8. The zero-order valence-corrected chi connectivity index (χ0v) is 12.6. The Morgan fingerprint density at radius 1 is 1.33 bits per heavy atom. The molecule has 0 saturated carbocycles. The van der Waals surface area contributed by atoms with Gasteiger partial charge < -0.3 is 9.47 Å². The summed E-state index contributed by atoms with van der Waals surface area (Å²) in [7, 11) is 0. The molecule has 1 aliphatic rings. The van der Waals surface area contributed by atoms with Gasteiger partial charge in [0.2, 0.25) is 0 Å². The molecule has 110 valence electrons. The van der Waals surface area contributed by atoms with Crippen molar-refractivity contribution in [2.45, 2.75) is 20.0 Å². The first-order valence-corrected chi connectivity index (χ1v) is 7.45. The third kappa shape index (κ3) is 3.37. The largest absolute Gasteiger partial charge is 0.485 e. The van der Waals surface area contributed by atoms with Crippen molar-refractivity contribution in [3.63, 3.8) is 0 Å². The minimum Gasteiger partial charge on any atom is -0.485 e. The maximum absolute atomic E-state index is 12.2. The van der Waals surface area contributed by atoms with Crippen molar-refractivity contribution in [3.8, 4) is 5.75 Å². The van der Waals surface area contributed by atoms with E-state index in [0.717, 1.165) is 11.4 Å². The molecular weight excluding hydrogens is 290 g/mol. The number of rotatable bonds is 4. The second kappa shape index (κ2) is 5.79. The number of carbonyl (C=O) groups is 1. The van der Waals surface area contributed by atoms with Crippen molar-refractivity contribution in [1.82, 2.24) is 9.97 Å². The molecule has 3 heterocycles. The second-order valence-corrected chi connectivity index (χ2v) is 5.71. The fourth-order valence-electron chi connectivity index (χ4n) is 1.87. The Kier molecular flexibility index (Phi) is 3.85. The van der Waals surface area contributed by atoms with Gasteiger partial charge in [0.05, 0.1) is 18.9 Å². The topological polar surface area (TPSA) is 73.3 Å². The first kappa shape index (κ1) is 14.0. The Hall–Kier alpha value is -1.99. The van der Waals surface area contributed by atoms with Gasteiger partial charge in [-0.1, -0.05) is 0 Å². The van der Waals surface area contributed by atoms with Crippen LogP contribution in [0.5, 0.6) is 5.75 Å². The van der Waals surface area contributed by atoms with E-state index >= 15 is 0 Å². The van der Waals surface area contributed by atoms with E-state index in [9.17, 15) is 4.79 Å². The van der Waals surface area contributed by atoms with Gasteiger partial charge in [0.25, 0.3) is 5.91 Å². The zero-order valence-electron chi connectivity index (χ0n) is 11.8. The summed E-state index contributed by atoms with van der Waals surface area (Å²) in [4.78, 5) is 20.7. The number of aryl methyl sites for hydroxylation is 2. The van der Waals surface area contributed by atoms with Crippen LogP contribution in [0.4, 0.5) is 5.13 Å². The number of amides is 1. The zero-order chi connectivity index (χ0) is 14.8. The number of hydrogen-bond acceptors (Lipinski definition) is 6. The number of pyridine rings is 1. The number of anilines is 1. The fourth-order valence-corrected chi connectivity index (χ4v) is 2.55. The van der Waals surface area contributed by atoms with Gasteiger partial charge in [-0.3, -0.25) is 10.1 Å². The Balaban J connectivity index is 1.75. The molecule has 0 bridgehead atoms. The summed E-state index contributed by atoms with van der Waals surface area (Å²) in [6.07, 6.45) is 0.0596. The smallest absolute Gasteiger partial charge is 0.276 e. The van der Waals surface area contributed by atoms with E-state index in [2.05, 4.69) is 15.3 Å². The van der Waals surface area contributed by atoms with Gasteiger partial charge in [-0.25, -0.2) is 9.97 Å². The average molecular weight is 305 g/mol. The molecule has 1 fully saturated rings. The molecule has 1 N–H and O–H groups in total. The van der Waals surface area contributed by atoms with Gasteiger partial charge >= 0.3 is 0 Å². The van der Waals surface area contributed by atoms with Crippen LogP contribution in [0.15, 0.2) is 17.5 Å². The third-order valence-electron chi connectivity index (χ3n) is 2.91. The van der Waals surface area contributed by atoms with Gasteiger partial charge in [-0.15, -0.1) is 11.3 Å². The van der Waals surface area contributed by atoms with Crippen LogP contribution < -0.4 is 10.1 Å². The van der Waals surface area contributed by atoms with Crippen LogP contribution in [-0.4, -0.2) is 35.2 Å². The summed E-state index contributed by atoms with van der Waals surface area (Å²) in [5.74, 6) is 0.346. The molecule has 0 aromatic carbocycles. The van der Waals surface area contributed by atoms with Crippen LogP contribution in [-0.2, 0) is 4.74 Å². The van der Waals surface area contributed by atoms with Crippen molar-refractivity contribution >= 4 is 22.4 Å². The van der Waals surface area contributed by atoms with Crippen molar-refractivity contribution in [1.29, 1.82) is 0 Å². The summed E-state index contributed by atoms with van der Waals surface area (Å²) in [5.41, 5.74) is 1.92. The molecular formula is C14H15N3O3S. The van der Waals surface area contributed by atoms with Crippen molar-refractivity contribution in [2.75, 3.05) is 18.5 Å². The minimum absolute atomic E-state index is 0.0596. The third-order valence-corrected chi connectivity index (χ3v) is 3.78. The molecule has 0 aliphatic carbocycles. The number of hydrogen-bond donors (Lipinski definition) is 1. The van der Waals surface area contributed by atoms with Crippen LogP contribution in [0.1, 0.15) is 21.9 Å². The van der Waals surface area contributed by atoms with E-state index in [1.165, 1.54) is 11.3 Å². The highest BCUT2D eigenvalue weighted by molar-refractivity contribution is 7.13. The van der Waals surface area contributed by atoms with Gasteiger partial charge in [0.1, 0.15) is 17.5 Å². The molecule has 21 heavy (non-hydrogen) atoms. The van der Waals surface area contributed by atoms with Crippen molar-refractivity contribution < 1.29 is 14.3 Å². The maximum Gasteiger partial charge on any atom is 0.276 e. The van der Waals surface area contributed by atoms with Crippen LogP contribution in [0.2, 0.25) is 0 Å². The Labute approximate surface area is 126 Å². The highest BCUT2D eigenvalue weighted by Crippen LogP contribution is 2.20. The number of nitrogens with zero attached hydrogens (tertiary/aromatic N) is 2. The van der Waals surface area contributed by atoms with E-state index in [4.69, 9.17) is 9.47 Å². The molecule has 0 atom stereocenters. The molecule has 2 aromatic heterocycles. The SMILES string of the molecule is Cc1cc(OC2COC2)cc(C(=O)Nc2nc(C)cs2)n1. The molecule has 0 unspecified atom stereocenters. The normalized spacial score (nSPS) is 14.6. The standard InChI is InChI=1S/C14H15N3O3S/c1-8-3-10(20-11-5-19-6-11)4-12(15-8)13(18)17-14-16-9(2)7-21-14/h3-4,7,11H,5-6H2,1-2H3,(H,16,17,18). The predicted molar refractivity (Wildman–Crippen MR) is 79.0 cm³/mol. The molecule has 1 saturated heterocycles. The number of carbonyl (C=O) groups excluding carboxylic acids is 1. The summed E-state index contributed by atoms with van der Waals surface area (Å²) in [6, 6.07) is 3.45. The molecule has 6 nitrogen and oxygen atoms in total. The first-order chi connectivity index (χ1) is 10.1. The fraction of sp³-hybridized carbons (Fsp3) is 0.357. The number of thiazole rings is 1. The van der Waals surface area contributed by atoms with Gasteiger partial charge in [-0.2, -0.15) is 0 Å². The lowest BCUT2D eigenvalue weighted by atomic mass is 10.2. The number of nitrogens with one attached hydrogen (secondary N) is 1. The Morgan fingerprint density at radius 2 is 2.14 bits per heavy atom. The van der Waals surface area contributed by atoms with E-state index in [1.807, 2.05) is 25.3 Å². The molecule has 1 amide bonds. The van der Waals surface area contributed by atoms with Crippen LogP contribution >= 0.6 is 11.3 Å². The lowest BCUT2D eigenvalue weighted by Crippen LogP contribution is -2.38. The molecule has 0 radical (unpaired) electrons. The van der Waals surface area contributed by atoms with E-state index < -0.39 is 0 Å². The predicted octanol–water partition coefficient (Wildman–Crippen LogP) is 2.18. The van der Waals surface area contributed by atoms with Gasteiger partial charge in [-0.05, 0) is 13.8 Å². The number of aromatic nitrogens is 2. The van der Waals surface area contributed by atoms with Crippen LogP contribution in [0.3, 0.4) is 0 Å². The molecule has 1 aliphatic heterocycles. The average Bonchev–Trinajstić information content (AvgIpc) is 2.79. The van der Waals surface area contributed by atoms with Gasteiger partial charge in [0, 0.05) is 23.2 Å². The highest BCUT2D eigenvalue weighted by atomic mass is 32.1. The lowest BCUT2D eigenvalue weighted by molar-refractivity contribution is -0.0797. The minimum atomic E-state index is -0.289. The lowest BCUT2D eigenvalue weighted by Gasteiger charge is -2.26. The van der Waals surface area contributed by atoms with E-state index in [0.29, 0.717) is 29.8 Å². The van der Waals surface area contributed by atoms with E-state index in [-0.39, 0.29) is 12.0 Å². The molecule has 2 aromatic rings. The quantitative estimate of drug-likeness (QED) is 0.937. The Bertz CT molecular complexity index is 667. The first-order valence-electron chi connectivity index (χ1n) is 6.57. The highest BCUT2D eigenvalue weighted by Gasteiger charge is 2.21. The molecule has 7 heteroatoms. The van der Waals surface area contributed by atoms with Crippen LogP contribution in [0.25, 0.3) is 0 Å². The second-order valence-electron chi connectivity index (χ2n) is 4.85. The van der Waals surface area contributed by atoms with Crippen molar-refractivity contribution in [3.05, 3.63) is 34.6 Å². The molecule has 3 rings (SSSR count). The van der Waals surface area contributed by atoms with Gasteiger partial charge in [0.15, 0.2) is 5.13 Å². The number of ether oxygens (including phenoxy) is 2. The van der Waals surface area contributed by atoms with Crippen molar-refractivity contribution in [2.24, 2.45) is 0 Å². The maximum atomic E-state index is 12.2. The van der Waals surface area contributed by atoms with Crippen LogP contribution in [0, 0.1) is 13.8 Å². The molecule has 0 spiro atoms.